The molecule has 1 saturated carbocycles. The van der Waals surface area contributed by atoms with E-state index in [2.05, 4.69) is 37.2 Å². The van der Waals surface area contributed by atoms with E-state index in [1.165, 1.54) is 18.5 Å². The molecular formula is C10H16N3+. The van der Waals surface area contributed by atoms with Gasteiger partial charge in [-0.1, -0.05) is 0 Å². The molecule has 1 aliphatic rings. The lowest BCUT2D eigenvalue weighted by atomic mass is 10.2. The topological polar surface area (TPSA) is 25.8 Å². The molecule has 0 aliphatic heterocycles. The van der Waals surface area contributed by atoms with Gasteiger partial charge in [-0.05, 0) is 12.8 Å². The van der Waals surface area contributed by atoms with Crippen LogP contribution in [0.1, 0.15) is 24.5 Å². The summed E-state index contributed by atoms with van der Waals surface area (Å²) in [6.07, 6.45) is 4.29. The van der Waals surface area contributed by atoms with E-state index in [-0.39, 0.29) is 0 Å². The molecule has 2 rings (SSSR count). The van der Waals surface area contributed by atoms with Crippen LogP contribution in [0.3, 0.4) is 0 Å². The lowest BCUT2D eigenvalue weighted by Crippen LogP contribution is -2.35. The van der Waals surface area contributed by atoms with Crippen LogP contribution in [0.25, 0.3) is 0 Å². The summed E-state index contributed by atoms with van der Waals surface area (Å²) in [6.45, 7) is 0. The molecule has 0 unspecified atom stereocenters. The van der Waals surface area contributed by atoms with Crippen LogP contribution in [0.5, 0.6) is 0 Å². The molecule has 0 radical (unpaired) electrons. The van der Waals surface area contributed by atoms with Crippen molar-refractivity contribution in [3.63, 3.8) is 0 Å². The average molecular weight is 178 g/mol. The van der Waals surface area contributed by atoms with E-state index in [0.29, 0.717) is 5.92 Å². The van der Waals surface area contributed by atoms with Crippen molar-refractivity contribution in [1.29, 1.82) is 0 Å². The van der Waals surface area contributed by atoms with Crippen LogP contribution in [0.4, 0.5) is 5.82 Å². The number of hydrogen-bond acceptors (Lipinski definition) is 2. The Bertz CT molecular complexity index is 310. The maximum atomic E-state index is 4.29. The average Bonchev–Trinajstić information content (AvgIpc) is 2.85. The summed E-state index contributed by atoms with van der Waals surface area (Å²) >= 11 is 0. The van der Waals surface area contributed by atoms with Crippen molar-refractivity contribution in [2.75, 3.05) is 21.1 Å². The smallest absolute Gasteiger partial charge is 0.230 e. The lowest BCUT2D eigenvalue weighted by Gasteiger charge is -2.21. The van der Waals surface area contributed by atoms with Crippen LogP contribution in [-0.2, 0) is 0 Å². The van der Waals surface area contributed by atoms with Gasteiger partial charge in [-0.25, -0.2) is 4.98 Å². The monoisotopic (exact) mass is 178 g/mol. The fourth-order valence-corrected chi connectivity index (χ4v) is 1.33. The Hall–Kier alpha value is -0.960. The minimum absolute atomic E-state index is 0.716. The Morgan fingerprint density at radius 1 is 1.23 bits per heavy atom. The van der Waals surface area contributed by atoms with Crippen molar-refractivity contribution in [2.24, 2.45) is 0 Å². The highest BCUT2D eigenvalue weighted by molar-refractivity contribution is 5.34. The molecule has 70 valence electrons. The van der Waals surface area contributed by atoms with Gasteiger partial charge in [0, 0.05) is 12.0 Å². The minimum Gasteiger partial charge on any atom is -0.282 e. The van der Waals surface area contributed by atoms with Gasteiger partial charge in [-0.3, -0.25) is 4.48 Å². The van der Waals surface area contributed by atoms with Crippen molar-refractivity contribution < 1.29 is 0 Å². The van der Waals surface area contributed by atoms with Gasteiger partial charge in [0.05, 0.1) is 26.8 Å². The molecule has 3 nitrogen and oxygen atoms in total. The van der Waals surface area contributed by atoms with Crippen LogP contribution < -0.4 is 4.48 Å². The Morgan fingerprint density at radius 2 is 1.92 bits per heavy atom. The van der Waals surface area contributed by atoms with Crippen LogP contribution in [0, 0.1) is 0 Å². The Kier molecular flexibility index (Phi) is 1.84. The number of nitrogens with zero attached hydrogens (tertiary/aromatic N) is 3. The van der Waals surface area contributed by atoms with E-state index in [0.717, 1.165) is 10.3 Å². The quantitative estimate of drug-likeness (QED) is 0.642. The minimum atomic E-state index is 0.716. The molecule has 1 aromatic heterocycles. The molecule has 0 saturated heterocycles. The predicted molar refractivity (Wildman–Crippen MR) is 53.6 cm³/mol. The van der Waals surface area contributed by atoms with Gasteiger partial charge in [0.15, 0.2) is 0 Å². The van der Waals surface area contributed by atoms with Gasteiger partial charge < -0.3 is 0 Å². The fraction of sp³-hybridized carbons (Fsp3) is 0.600. The van der Waals surface area contributed by atoms with Gasteiger partial charge in [-0.2, -0.15) is 4.98 Å². The Balaban J connectivity index is 2.32. The van der Waals surface area contributed by atoms with Crippen molar-refractivity contribution >= 4 is 5.82 Å². The fourth-order valence-electron chi connectivity index (χ4n) is 1.33. The highest BCUT2D eigenvalue weighted by Crippen LogP contribution is 2.39. The second-order valence-corrected chi connectivity index (χ2v) is 4.59. The summed E-state index contributed by atoms with van der Waals surface area (Å²) in [6, 6.07) is 2.14. The molecule has 0 aromatic carbocycles. The number of quaternary nitrogens is 1. The van der Waals surface area contributed by atoms with Crippen LogP contribution in [0.2, 0.25) is 0 Å². The molecule has 3 heteroatoms. The number of aromatic nitrogens is 2. The van der Waals surface area contributed by atoms with Crippen molar-refractivity contribution in [1.82, 2.24) is 14.5 Å². The summed E-state index contributed by atoms with van der Waals surface area (Å²) in [7, 11) is 6.37. The largest absolute Gasteiger partial charge is 0.282 e. The van der Waals surface area contributed by atoms with Gasteiger partial charge in [-0.15, -0.1) is 0 Å². The van der Waals surface area contributed by atoms with Crippen molar-refractivity contribution in [3.05, 3.63) is 18.1 Å². The molecule has 1 heterocycles. The van der Waals surface area contributed by atoms with Crippen molar-refractivity contribution in [2.45, 2.75) is 18.8 Å². The zero-order chi connectivity index (χ0) is 9.47. The molecule has 13 heavy (non-hydrogen) atoms. The summed E-state index contributed by atoms with van der Waals surface area (Å²) in [5.41, 5.74) is 1.22. The highest BCUT2D eigenvalue weighted by atomic mass is 15.3. The molecule has 0 spiro atoms. The molecule has 1 aromatic rings. The third-order valence-electron chi connectivity index (χ3n) is 2.36. The summed E-state index contributed by atoms with van der Waals surface area (Å²) in [5.74, 6) is 1.81. The first-order valence-corrected chi connectivity index (χ1v) is 4.71. The molecule has 0 amide bonds. The van der Waals surface area contributed by atoms with E-state index >= 15 is 0 Å². The van der Waals surface area contributed by atoms with Gasteiger partial charge >= 0.3 is 0 Å². The predicted octanol–water partition coefficient (Wildman–Crippen LogP) is 1.55. The van der Waals surface area contributed by atoms with Crippen LogP contribution in [-0.4, -0.2) is 31.1 Å². The van der Waals surface area contributed by atoms with E-state index < -0.39 is 0 Å². The number of rotatable bonds is 2. The molecule has 0 N–H and O–H groups in total. The molecule has 1 aliphatic carbocycles. The van der Waals surface area contributed by atoms with E-state index in [4.69, 9.17) is 0 Å². The maximum absolute atomic E-state index is 4.29. The Labute approximate surface area is 79.0 Å². The van der Waals surface area contributed by atoms with Crippen LogP contribution in [0.15, 0.2) is 12.4 Å². The molecule has 0 atom stereocenters. The van der Waals surface area contributed by atoms with E-state index in [1.54, 1.807) is 6.33 Å². The van der Waals surface area contributed by atoms with Crippen LogP contribution >= 0.6 is 0 Å². The first-order valence-electron chi connectivity index (χ1n) is 4.71. The number of hydrogen-bond donors (Lipinski definition) is 0. The second-order valence-electron chi connectivity index (χ2n) is 4.59. The molecule has 1 fully saturated rings. The SMILES string of the molecule is C[N+](C)(C)c1cc(C2CC2)ncn1. The first-order chi connectivity index (χ1) is 6.07. The molecule has 0 bridgehead atoms. The first kappa shape index (κ1) is 8.63. The van der Waals surface area contributed by atoms with Gasteiger partial charge in [0.2, 0.25) is 5.82 Å². The lowest BCUT2D eigenvalue weighted by molar-refractivity contribution is 0.471. The second kappa shape index (κ2) is 2.77. The third-order valence-corrected chi connectivity index (χ3v) is 2.36. The zero-order valence-corrected chi connectivity index (χ0v) is 8.49. The highest BCUT2D eigenvalue weighted by Gasteiger charge is 2.27. The zero-order valence-electron chi connectivity index (χ0n) is 8.49. The maximum Gasteiger partial charge on any atom is 0.230 e. The van der Waals surface area contributed by atoms with Gasteiger partial charge in [0.1, 0.15) is 6.33 Å². The molecular weight excluding hydrogens is 162 g/mol. The standard InChI is InChI=1S/C10H16N3/c1-13(2,3)10-6-9(8-4-5-8)11-7-12-10/h6-8H,4-5H2,1-3H3/q+1. The van der Waals surface area contributed by atoms with E-state index in [1.807, 2.05) is 0 Å². The van der Waals surface area contributed by atoms with Crippen molar-refractivity contribution in [3.8, 4) is 0 Å². The summed E-state index contributed by atoms with van der Waals surface area (Å²) in [5, 5.41) is 0. The normalized spacial score (nSPS) is 17.5. The summed E-state index contributed by atoms with van der Waals surface area (Å²) in [4.78, 5) is 8.58. The summed E-state index contributed by atoms with van der Waals surface area (Å²) < 4.78 is 0.766. The Morgan fingerprint density at radius 3 is 2.46 bits per heavy atom. The van der Waals surface area contributed by atoms with Gasteiger partial charge in [0.25, 0.3) is 0 Å². The third kappa shape index (κ3) is 1.86. The van der Waals surface area contributed by atoms with E-state index in [9.17, 15) is 0 Å².